The van der Waals surface area contributed by atoms with Crippen LogP contribution < -0.4 is 10.1 Å². The van der Waals surface area contributed by atoms with Gasteiger partial charge in [0.15, 0.2) is 0 Å². The van der Waals surface area contributed by atoms with E-state index in [0.717, 1.165) is 12.2 Å². The van der Waals surface area contributed by atoms with E-state index in [9.17, 15) is 13.2 Å². The van der Waals surface area contributed by atoms with E-state index >= 15 is 0 Å². The Balaban J connectivity index is 1.62. The Hall–Kier alpha value is -1.60. The molecule has 1 saturated heterocycles. The predicted octanol–water partition coefficient (Wildman–Crippen LogP) is 2.86. The highest BCUT2D eigenvalue weighted by atomic mass is 32.2. The maximum atomic E-state index is 12.2. The van der Waals surface area contributed by atoms with E-state index in [1.54, 1.807) is 4.31 Å². The van der Waals surface area contributed by atoms with Gasteiger partial charge in [0, 0.05) is 25.6 Å². The van der Waals surface area contributed by atoms with Crippen LogP contribution in [0.4, 0.5) is 0 Å². The number of hydrogen-bond donors (Lipinski definition) is 1. The second-order valence-electron chi connectivity index (χ2n) is 7.18. The summed E-state index contributed by atoms with van der Waals surface area (Å²) in [5.74, 6) is 1.05. The molecule has 1 fully saturated rings. The van der Waals surface area contributed by atoms with Crippen LogP contribution in [0.1, 0.15) is 51.0 Å². The van der Waals surface area contributed by atoms with Gasteiger partial charge in [-0.2, -0.15) is 0 Å². The number of aryl methyl sites for hydroxylation is 1. The van der Waals surface area contributed by atoms with Gasteiger partial charge in [-0.25, -0.2) is 12.7 Å². The van der Waals surface area contributed by atoms with Crippen molar-refractivity contribution in [2.24, 2.45) is 0 Å². The number of rotatable bonds is 10. The fourth-order valence-electron chi connectivity index (χ4n) is 3.09. The Morgan fingerprint density at radius 1 is 1.19 bits per heavy atom. The number of benzene rings is 1. The molecule has 1 aliphatic heterocycles. The number of carbonyl (C=O) groups is 1. The molecule has 1 aliphatic rings. The van der Waals surface area contributed by atoms with Crippen molar-refractivity contribution in [2.45, 2.75) is 58.4 Å². The van der Waals surface area contributed by atoms with Crippen molar-refractivity contribution in [3.8, 4) is 5.75 Å². The molecule has 1 heterocycles. The lowest BCUT2D eigenvalue weighted by Crippen LogP contribution is -2.47. The summed E-state index contributed by atoms with van der Waals surface area (Å²) in [6, 6.07) is 7.91. The molecule has 6 nitrogen and oxygen atoms in total. The van der Waals surface area contributed by atoms with Gasteiger partial charge < -0.3 is 10.1 Å². The second-order valence-corrected chi connectivity index (χ2v) is 9.26. The molecule has 0 radical (unpaired) electrons. The van der Waals surface area contributed by atoms with Crippen LogP contribution in [-0.2, 0) is 14.8 Å². The maximum Gasteiger partial charge on any atom is 0.220 e. The maximum absolute atomic E-state index is 12.2. The molecule has 0 aromatic heterocycles. The number of unbranched alkanes of at least 4 members (excludes halogenated alkanes) is 1. The Morgan fingerprint density at radius 3 is 2.48 bits per heavy atom. The van der Waals surface area contributed by atoms with E-state index in [4.69, 9.17) is 4.74 Å². The summed E-state index contributed by atoms with van der Waals surface area (Å²) in [5, 5.41) is 3.02. The molecule has 1 N–H and O–H groups in total. The average Bonchev–Trinajstić information content (AvgIpc) is 2.65. The molecule has 0 bridgehead atoms. The first-order valence-electron chi connectivity index (χ1n) is 9.87. The number of sulfonamides is 1. The number of ether oxygens (including phenoxy) is 1. The minimum Gasteiger partial charge on any atom is -0.494 e. The Bertz CT molecular complexity index is 680. The van der Waals surface area contributed by atoms with E-state index in [-0.39, 0.29) is 17.7 Å². The van der Waals surface area contributed by atoms with Gasteiger partial charge >= 0.3 is 0 Å². The molecule has 27 heavy (non-hydrogen) atoms. The third-order valence-corrected chi connectivity index (χ3v) is 6.76. The summed E-state index contributed by atoms with van der Waals surface area (Å²) < 4.78 is 31.6. The highest BCUT2D eigenvalue weighted by molar-refractivity contribution is 7.89. The average molecular weight is 397 g/mol. The van der Waals surface area contributed by atoms with Gasteiger partial charge in [-0.3, -0.25) is 4.79 Å². The number of carbonyl (C=O) groups excluding carboxylic acids is 1. The molecular formula is C20H32N2O4S. The summed E-state index contributed by atoms with van der Waals surface area (Å²) in [6.07, 6.45) is 4.00. The third kappa shape index (κ3) is 7.50. The number of nitrogens with one attached hydrogen (secondary N) is 1. The molecule has 1 aromatic rings. The van der Waals surface area contributed by atoms with Crippen LogP contribution in [0.2, 0.25) is 0 Å². The Kier molecular flexibility index (Phi) is 8.57. The minimum absolute atomic E-state index is 0.00907. The molecule has 2 rings (SSSR count). The molecule has 0 aliphatic carbocycles. The number of piperidine rings is 1. The largest absolute Gasteiger partial charge is 0.494 e. The molecule has 1 amide bonds. The summed E-state index contributed by atoms with van der Waals surface area (Å²) >= 11 is 0. The van der Waals surface area contributed by atoms with Gasteiger partial charge in [0.2, 0.25) is 15.9 Å². The van der Waals surface area contributed by atoms with E-state index in [1.807, 2.05) is 38.1 Å². The fourth-order valence-corrected chi connectivity index (χ4v) is 4.77. The van der Waals surface area contributed by atoms with Crippen molar-refractivity contribution in [1.82, 2.24) is 9.62 Å². The van der Waals surface area contributed by atoms with Crippen molar-refractivity contribution in [2.75, 3.05) is 25.4 Å². The van der Waals surface area contributed by atoms with E-state index < -0.39 is 10.0 Å². The summed E-state index contributed by atoms with van der Waals surface area (Å²) in [4.78, 5) is 12.1. The quantitative estimate of drug-likeness (QED) is 0.617. The minimum atomic E-state index is -3.14. The first-order chi connectivity index (χ1) is 12.9. The topological polar surface area (TPSA) is 75.7 Å². The van der Waals surface area contributed by atoms with Crippen LogP contribution in [0.5, 0.6) is 5.75 Å². The van der Waals surface area contributed by atoms with Crippen LogP contribution in [0.15, 0.2) is 24.3 Å². The van der Waals surface area contributed by atoms with Crippen molar-refractivity contribution in [3.63, 3.8) is 0 Å². The van der Waals surface area contributed by atoms with E-state index in [1.165, 1.54) is 5.56 Å². The van der Waals surface area contributed by atoms with Gasteiger partial charge in [-0.1, -0.05) is 31.0 Å². The van der Waals surface area contributed by atoms with Crippen LogP contribution in [-0.4, -0.2) is 50.1 Å². The number of amides is 1. The zero-order chi connectivity index (χ0) is 19.7. The van der Waals surface area contributed by atoms with E-state index in [0.29, 0.717) is 51.8 Å². The molecular weight excluding hydrogens is 364 g/mol. The summed E-state index contributed by atoms with van der Waals surface area (Å²) in [5.41, 5.74) is 1.19. The number of nitrogens with zero attached hydrogens (tertiary/aromatic N) is 1. The summed E-state index contributed by atoms with van der Waals surface area (Å²) in [6.45, 7) is 5.51. The molecule has 0 atom stereocenters. The summed E-state index contributed by atoms with van der Waals surface area (Å²) in [7, 11) is -3.14. The Morgan fingerprint density at radius 2 is 1.85 bits per heavy atom. The SMILES string of the molecule is CCCCS(=O)(=O)N1CCC(NC(=O)CCCOc2ccc(C)cc2)CC1. The van der Waals surface area contributed by atoms with Gasteiger partial charge in [-0.05, 0) is 44.7 Å². The van der Waals surface area contributed by atoms with Gasteiger partial charge in [0.05, 0.1) is 12.4 Å². The lowest BCUT2D eigenvalue weighted by Gasteiger charge is -2.31. The monoisotopic (exact) mass is 396 g/mol. The second kappa shape index (κ2) is 10.7. The van der Waals surface area contributed by atoms with Crippen LogP contribution in [0.3, 0.4) is 0 Å². The lowest BCUT2D eigenvalue weighted by atomic mass is 10.1. The van der Waals surface area contributed by atoms with Crippen LogP contribution in [0.25, 0.3) is 0 Å². The van der Waals surface area contributed by atoms with Gasteiger partial charge in [0.25, 0.3) is 0 Å². The first kappa shape index (κ1) is 21.7. The zero-order valence-corrected chi connectivity index (χ0v) is 17.3. The van der Waals surface area contributed by atoms with Crippen molar-refractivity contribution in [1.29, 1.82) is 0 Å². The number of hydrogen-bond acceptors (Lipinski definition) is 4. The molecule has 1 aromatic carbocycles. The smallest absolute Gasteiger partial charge is 0.220 e. The standard InChI is InChI=1S/C20H32N2O4S/c1-3-4-16-27(24,25)22-13-11-18(12-14-22)21-20(23)6-5-15-26-19-9-7-17(2)8-10-19/h7-10,18H,3-6,11-16H2,1-2H3,(H,21,23). The van der Waals surface area contributed by atoms with Crippen molar-refractivity contribution >= 4 is 15.9 Å². The highest BCUT2D eigenvalue weighted by Crippen LogP contribution is 2.16. The normalized spacial score (nSPS) is 16.2. The van der Waals surface area contributed by atoms with Gasteiger partial charge in [0.1, 0.15) is 5.75 Å². The fraction of sp³-hybridized carbons (Fsp3) is 0.650. The highest BCUT2D eigenvalue weighted by Gasteiger charge is 2.27. The molecule has 152 valence electrons. The van der Waals surface area contributed by atoms with Gasteiger partial charge in [-0.15, -0.1) is 0 Å². The molecule has 7 heteroatoms. The lowest BCUT2D eigenvalue weighted by molar-refractivity contribution is -0.122. The molecule has 0 spiro atoms. The van der Waals surface area contributed by atoms with Crippen LogP contribution in [0, 0.1) is 6.92 Å². The van der Waals surface area contributed by atoms with Crippen molar-refractivity contribution in [3.05, 3.63) is 29.8 Å². The van der Waals surface area contributed by atoms with E-state index in [2.05, 4.69) is 5.32 Å². The zero-order valence-electron chi connectivity index (χ0n) is 16.4. The third-order valence-electron chi connectivity index (χ3n) is 4.81. The predicted molar refractivity (Wildman–Crippen MR) is 107 cm³/mol. The first-order valence-corrected chi connectivity index (χ1v) is 11.5. The molecule has 0 saturated carbocycles. The van der Waals surface area contributed by atoms with Crippen molar-refractivity contribution < 1.29 is 17.9 Å². The Labute approximate surface area is 163 Å². The van der Waals surface area contributed by atoms with Crippen LogP contribution >= 0.6 is 0 Å². The molecule has 0 unspecified atom stereocenters.